The molecule has 2 atom stereocenters. The maximum absolute atomic E-state index is 11.2. The third-order valence-electron chi connectivity index (χ3n) is 2.95. The molecule has 0 saturated heterocycles. The SMILES string of the molecule is COC(=O)[C@@H](C)NCCC(C)c1ccccc1. The van der Waals surface area contributed by atoms with Crippen molar-refractivity contribution in [3.63, 3.8) is 0 Å². The van der Waals surface area contributed by atoms with E-state index in [4.69, 9.17) is 0 Å². The van der Waals surface area contributed by atoms with Gasteiger partial charge in [-0.3, -0.25) is 4.79 Å². The first-order chi connectivity index (χ1) is 8.15. The summed E-state index contributed by atoms with van der Waals surface area (Å²) in [7, 11) is 1.41. The summed E-state index contributed by atoms with van der Waals surface area (Å²) in [6, 6.07) is 10.2. The van der Waals surface area contributed by atoms with Crippen LogP contribution in [0.15, 0.2) is 30.3 Å². The molecule has 0 spiro atoms. The molecule has 3 heteroatoms. The number of nitrogens with one attached hydrogen (secondary N) is 1. The van der Waals surface area contributed by atoms with Gasteiger partial charge in [0.1, 0.15) is 6.04 Å². The topological polar surface area (TPSA) is 38.3 Å². The van der Waals surface area contributed by atoms with Crippen LogP contribution in [-0.4, -0.2) is 25.7 Å². The van der Waals surface area contributed by atoms with Crippen molar-refractivity contribution in [2.45, 2.75) is 32.2 Å². The van der Waals surface area contributed by atoms with Crippen LogP contribution in [0, 0.1) is 0 Å². The zero-order chi connectivity index (χ0) is 12.7. The van der Waals surface area contributed by atoms with Crippen LogP contribution in [0.25, 0.3) is 0 Å². The minimum Gasteiger partial charge on any atom is -0.468 e. The van der Waals surface area contributed by atoms with E-state index in [2.05, 4.69) is 41.2 Å². The maximum Gasteiger partial charge on any atom is 0.322 e. The van der Waals surface area contributed by atoms with E-state index in [1.807, 2.05) is 13.0 Å². The van der Waals surface area contributed by atoms with Gasteiger partial charge in [0.25, 0.3) is 0 Å². The van der Waals surface area contributed by atoms with Gasteiger partial charge in [0, 0.05) is 0 Å². The lowest BCUT2D eigenvalue weighted by molar-refractivity contribution is -0.142. The van der Waals surface area contributed by atoms with Crippen LogP contribution < -0.4 is 5.32 Å². The summed E-state index contributed by atoms with van der Waals surface area (Å²) in [4.78, 5) is 11.2. The number of rotatable bonds is 6. The molecule has 0 bridgehead atoms. The fraction of sp³-hybridized carbons (Fsp3) is 0.500. The molecule has 0 amide bonds. The van der Waals surface area contributed by atoms with Gasteiger partial charge in [-0.2, -0.15) is 0 Å². The Morgan fingerprint density at radius 2 is 1.94 bits per heavy atom. The molecule has 1 unspecified atom stereocenters. The first-order valence-electron chi connectivity index (χ1n) is 6.01. The minimum absolute atomic E-state index is 0.211. The summed E-state index contributed by atoms with van der Waals surface area (Å²) in [6.45, 7) is 4.82. The third-order valence-corrected chi connectivity index (χ3v) is 2.95. The molecule has 0 fully saturated rings. The zero-order valence-corrected chi connectivity index (χ0v) is 10.8. The molecule has 0 aliphatic carbocycles. The molecule has 1 N–H and O–H groups in total. The average molecular weight is 235 g/mol. The van der Waals surface area contributed by atoms with Crippen LogP contribution >= 0.6 is 0 Å². The van der Waals surface area contributed by atoms with E-state index in [-0.39, 0.29) is 12.0 Å². The molecule has 0 aliphatic heterocycles. The van der Waals surface area contributed by atoms with Crippen molar-refractivity contribution >= 4 is 5.97 Å². The first-order valence-corrected chi connectivity index (χ1v) is 6.01. The van der Waals surface area contributed by atoms with Gasteiger partial charge in [0.2, 0.25) is 0 Å². The van der Waals surface area contributed by atoms with E-state index in [1.54, 1.807) is 0 Å². The van der Waals surface area contributed by atoms with E-state index < -0.39 is 0 Å². The fourth-order valence-electron chi connectivity index (χ4n) is 1.72. The minimum atomic E-state index is -0.233. The molecule has 0 radical (unpaired) electrons. The number of carbonyl (C=O) groups excluding carboxylic acids is 1. The molecule has 1 rings (SSSR count). The van der Waals surface area contributed by atoms with Gasteiger partial charge in [0.15, 0.2) is 0 Å². The lowest BCUT2D eigenvalue weighted by Gasteiger charge is -2.15. The zero-order valence-electron chi connectivity index (χ0n) is 10.8. The summed E-state index contributed by atoms with van der Waals surface area (Å²) in [5, 5.41) is 3.16. The van der Waals surface area contributed by atoms with Gasteiger partial charge in [-0.05, 0) is 31.4 Å². The first kappa shape index (κ1) is 13.7. The Hall–Kier alpha value is -1.35. The van der Waals surface area contributed by atoms with Crippen LogP contribution in [0.4, 0.5) is 0 Å². The molecule has 3 nitrogen and oxygen atoms in total. The Labute approximate surface area is 103 Å². The summed E-state index contributed by atoms with van der Waals surface area (Å²) in [5.41, 5.74) is 1.33. The molecule has 94 valence electrons. The average Bonchev–Trinajstić information content (AvgIpc) is 2.38. The Bertz CT molecular complexity index is 337. The number of hydrogen-bond donors (Lipinski definition) is 1. The van der Waals surface area contributed by atoms with Crippen LogP contribution in [0.2, 0.25) is 0 Å². The Kier molecular flexibility index (Phi) is 5.70. The normalized spacial score (nSPS) is 14.1. The monoisotopic (exact) mass is 235 g/mol. The van der Waals surface area contributed by atoms with E-state index in [0.29, 0.717) is 5.92 Å². The number of methoxy groups -OCH3 is 1. The van der Waals surface area contributed by atoms with Gasteiger partial charge in [-0.25, -0.2) is 0 Å². The second kappa shape index (κ2) is 7.07. The molecule has 1 aromatic rings. The quantitative estimate of drug-likeness (QED) is 0.769. The van der Waals surface area contributed by atoms with Crippen molar-refractivity contribution in [3.8, 4) is 0 Å². The van der Waals surface area contributed by atoms with E-state index in [9.17, 15) is 4.79 Å². The molecular weight excluding hydrogens is 214 g/mol. The largest absolute Gasteiger partial charge is 0.468 e. The summed E-state index contributed by atoms with van der Waals surface area (Å²) in [6.07, 6.45) is 1.01. The van der Waals surface area contributed by atoms with Crippen molar-refractivity contribution < 1.29 is 9.53 Å². The molecule has 0 aliphatic rings. The molecular formula is C14H21NO2. The molecule has 0 heterocycles. The van der Waals surface area contributed by atoms with E-state index in [0.717, 1.165) is 13.0 Å². The number of benzene rings is 1. The molecule has 0 saturated carbocycles. The lowest BCUT2D eigenvalue weighted by atomic mass is 9.98. The van der Waals surface area contributed by atoms with Crippen LogP contribution in [0.5, 0.6) is 0 Å². The molecule has 1 aromatic carbocycles. The van der Waals surface area contributed by atoms with Crippen LogP contribution in [0.1, 0.15) is 31.7 Å². The van der Waals surface area contributed by atoms with Gasteiger partial charge in [-0.1, -0.05) is 37.3 Å². The standard InChI is InChI=1S/C14H21NO2/c1-11(13-7-5-4-6-8-13)9-10-15-12(2)14(16)17-3/h4-8,11-12,15H,9-10H2,1-3H3/t11?,12-/m1/s1. The van der Waals surface area contributed by atoms with E-state index in [1.165, 1.54) is 12.7 Å². The van der Waals surface area contributed by atoms with Crippen molar-refractivity contribution in [1.82, 2.24) is 5.32 Å². The summed E-state index contributed by atoms with van der Waals surface area (Å²) >= 11 is 0. The number of ether oxygens (including phenoxy) is 1. The van der Waals surface area contributed by atoms with E-state index >= 15 is 0 Å². The number of hydrogen-bond acceptors (Lipinski definition) is 3. The number of esters is 1. The van der Waals surface area contributed by atoms with Gasteiger partial charge >= 0.3 is 5.97 Å². The number of carbonyl (C=O) groups is 1. The molecule has 17 heavy (non-hydrogen) atoms. The highest BCUT2D eigenvalue weighted by atomic mass is 16.5. The predicted molar refractivity (Wildman–Crippen MR) is 69.0 cm³/mol. The van der Waals surface area contributed by atoms with Crippen molar-refractivity contribution in [3.05, 3.63) is 35.9 Å². The van der Waals surface area contributed by atoms with Crippen LogP contribution in [-0.2, 0) is 9.53 Å². The Morgan fingerprint density at radius 1 is 1.29 bits per heavy atom. The lowest BCUT2D eigenvalue weighted by Crippen LogP contribution is -2.35. The van der Waals surface area contributed by atoms with Gasteiger partial charge in [-0.15, -0.1) is 0 Å². The van der Waals surface area contributed by atoms with Gasteiger partial charge < -0.3 is 10.1 Å². The highest BCUT2D eigenvalue weighted by Gasteiger charge is 2.12. The highest BCUT2D eigenvalue weighted by molar-refractivity contribution is 5.75. The fourth-order valence-corrected chi connectivity index (χ4v) is 1.72. The van der Waals surface area contributed by atoms with Crippen molar-refractivity contribution in [2.24, 2.45) is 0 Å². The second-order valence-electron chi connectivity index (χ2n) is 4.30. The Morgan fingerprint density at radius 3 is 2.53 bits per heavy atom. The summed E-state index contributed by atoms with van der Waals surface area (Å²) in [5.74, 6) is 0.283. The molecule has 0 aromatic heterocycles. The second-order valence-corrected chi connectivity index (χ2v) is 4.30. The maximum atomic E-state index is 11.2. The van der Waals surface area contributed by atoms with Crippen molar-refractivity contribution in [1.29, 1.82) is 0 Å². The highest BCUT2D eigenvalue weighted by Crippen LogP contribution is 2.17. The Balaban J connectivity index is 2.30. The van der Waals surface area contributed by atoms with Crippen LogP contribution in [0.3, 0.4) is 0 Å². The van der Waals surface area contributed by atoms with Gasteiger partial charge in [0.05, 0.1) is 7.11 Å². The summed E-state index contributed by atoms with van der Waals surface area (Å²) < 4.78 is 4.65. The predicted octanol–water partition coefficient (Wildman–Crippen LogP) is 2.33. The smallest absolute Gasteiger partial charge is 0.322 e. The third kappa shape index (κ3) is 4.57. The van der Waals surface area contributed by atoms with Crippen molar-refractivity contribution in [2.75, 3.05) is 13.7 Å².